The Morgan fingerprint density at radius 1 is 1.18 bits per heavy atom. The van der Waals surface area contributed by atoms with E-state index < -0.39 is 34.0 Å². The average molecular weight is 417 g/mol. The fourth-order valence-corrected chi connectivity index (χ4v) is 4.33. The second-order valence-electron chi connectivity index (χ2n) is 6.14. The highest BCUT2D eigenvalue weighted by atomic mass is 32.2. The summed E-state index contributed by atoms with van der Waals surface area (Å²) in [4.78, 5) is 7.16. The van der Waals surface area contributed by atoms with Crippen LogP contribution >= 0.6 is 0 Å². The third-order valence-corrected chi connectivity index (χ3v) is 6.11. The second-order valence-corrected chi connectivity index (χ2v) is 8.08. The summed E-state index contributed by atoms with van der Waals surface area (Å²) in [5, 5.41) is 0. The van der Waals surface area contributed by atoms with Crippen LogP contribution in [-0.2, 0) is 16.2 Å². The SMILES string of the molecule is COc1ccc(S(=O)(=O)N2CCCC(Oc3nccc(C(F)(F)F)n3)C2)cc1. The standard InChI is InChI=1S/C17H18F3N3O4S/c1-26-12-4-6-14(7-5-12)28(24,25)23-10-2-3-13(11-23)27-16-21-9-8-15(22-16)17(18,19)20/h4-9,13H,2-3,10-11H2,1H3. The van der Waals surface area contributed by atoms with Crippen LogP contribution in [0.5, 0.6) is 11.8 Å². The van der Waals surface area contributed by atoms with E-state index in [0.29, 0.717) is 18.6 Å². The van der Waals surface area contributed by atoms with Gasteiger partial charge in [0, 0.05) is 12.7 Å². The van der Waals surface area contributed by atoms with Crippen molar-refractivity contribution in [1.82, 2.24) is 14.3 Å². The van der Waals surface area contributed by atoms with Crippen molar-refractivity contribution in [2.45, 2.75) is 30.0 Å². The molecule has 0 aliphatic carbocycles. The summed E-state index contributed by atoms with van der Waals surface area (Å²) in [7, 11) is -2.29. The normalized spacial score (nSPS) is 18.6. The number of ether oxygens (including phenoxy) is 2. The van der Waals surface area contributed by atoms with Gasteiger partial charge in [-0.15, -0.1) is 0 Å². The maximum atomic E-state index is 12.8. The predicted molar refractivity (Wildman–Crippen MR) is 92.4 cm³/mol. The number of alkyl halides is 3. The van der Waals surface area contributed by atoms with E-state index in [2.05, 4.69) is 9.97 Å². The van der Waals surface area contributed by atoms with Crippen molar-refractivity contribution in [3.63, 3.8) is 0 Å². The van der Waals surface area contributed by atoms with Crippen LogP contribution in [0.15, 0.2) is 41.4 Å². The van der Waals surface area contributed by atoms with Gasteiger partial charge in [-0.25, -0.2) is 13.4 Å². The first kappa shape index (κ1) is 20.3. The van der Waals surface area contributed by atoms with Crippen molar-refractivity contribution in [2.75, 3.05) is 20.2 Å². The molecule has 1 unspecified atom stereocenters. The Balaban J connectivity index is 1.73. The molecule has 3 rings (SSSR count). The minimum Gasteiger partial charge on any atom is -0.497 e. The zero-order valence-corrected chi connectivity index (χ0v) is 15.7. The van der Waals surface area contributed by atoms with Crippen LogP contribution in [-0.4, -0.2) is 49.0 Å². The number of hydrogen-bond acceptors (Lipinski definition) is 6. The van der Waals surface area contributed by atoms with E-state index in [9.17, 15) is 21.6 Å². The number of nitrogens with zero attached hydrogens (tertiary/aromatic N) is 3. The zero-order chi connectivity index (χ0) is 20.4. The molecule has 0 N–H and O–H groups in total. The van der Waals surface area contributed by atoms with Crippen LogP contribution in [0, 0.1) is 0 Å². The molecular weight excluding hydrogens is 399 g/mol. The molecular formula is C17H18F3N3O4S. The largest absolute Gasteiger partial charge is 0.497 e. The molecule has 0 radical (unpaired) electrons. The molecule has 2 aromatic rings. The van der Waals surface area contributed by atoms with Gasteiger partial charge < -0.3 is 9.47 Å². The van der Waals surface area contributed by atoms with Gasteiger partial charge in [0.2, 0.25) is 10.0 Å². The average Bonchev–Trinajstić information content (AvgIpc) is 2.68. The number of piperidine rings is 1. The van der Waals surface area contributed by atoms with E-state index in [1.165, 1.54) is 23.5 Å². The van der Waals surface area contributed by atoms with Gasteiger partial charge in [-0.1, -0.05) is 0 Å². The fourth-order valence-electron chi connectivity index (χ4n) is 2.82. The number of halogens is 3. The van der Waals surface area contributed by atoms with Gasteiger partial charge in [0.15, 0.2) is 5.69 Å². The van der Waals surface area contributed by atoms with Crippen molar-refractivity contribution in [3.8, 4) is 11.8 Å². The highest BCUT2D eigenvalue weighted by Crippen LogP contribution is 2.29. The minimum absolute atomic E-state index is 0.00598. The molecule has 0 bridgehead atoms. The number of hydrogen-bond donors (Lipinski definition) is 0. The molecule has 1 aliphatic heterocycles. The summed E-state index contributed by atoms with van der Waals surface area (Å²) in [5.74, 6) is 0.528. The highest BCUT2D eigenvalue weighted by Gasteiger charge is 2.34. The summed E-state index contributed by atoms with van der Waals surface area (Å²) >= 11 is 0. The third kappa shape index (κ3) is 4.53. The van der Waals surface area contributed by atoms with E-state index in [4.69, 9.17) is 9.47 Å². The van der Waals surface area contributed by atoms with Gasteiger partial charge in [-0.3, -0.25) is 0 Å². The molecule has 1 fully saturated rings. The Hall–Kier alpha value is -2.40. The van der Waals surface area contributed by atoms with E-state index in [1.54, 1.807) is 12.1 Å². The molecule has 1 aromatic heterocycles. The number of methoxy groups -OCH3 is 1. The van der Waals surface area contributed by atoms with Gasteiger partial charge in [0.25, 0.3) is 0 Å². The summed E-state index contributed by atoms with van der Waals surface area (Å²) < 4.78 is 75.6. The first-order valence-corrected chi connectivity index (χ1v) is 9.85. The zero-order valence-electron chi connectivity index (χ0n) is 14.9. The molecule has 28 heavy (non-hydrogen) atoms. The third-order valence-electron chi connectivity index (χ3n) is 4.23. The molecule has 2 heterocycles. The molecule has 1 atom stereocenters. The van der Waals surface area contributed by atoms with Gasteiger partial charge >= 0.3 is 12.2 Å². The molecule has 0 amide bonds. The maximum absolute atomic E-state index is 12.8. The number of aromatic nitrogens is 2. The Morgan fingerprint density at radius 3 is 2.54 bits per heavy atom. The topological polar surface area (TPSA) is 81.6 Å². The van der Waals surface area contributed by atoms with E-state index in [0.717, 1.165) is 12.3 Å². The Labute approximate surface area is 160 Å². The first-order valence-electron chi connectivity index (χ1n) is 8.41. The lowest BCUT2D eigenvalue weighted by atomic mass is 10.1. The summed E-state index contributed by atoms with van der Waals surface area (Å²) in [6.45, 7) is 0.283. The van der Waals surface area contributed by atoms with E-state index >= 15 is 0 Å². The highest BCUT2D eigenvalue weighted by molar-refractivity contribution is 7.89. The van der Waals surface area contributed by atoms with Gasteiger partial charge in [-0.2, -0.15) is 22.5 Å². The van der Waals surface area contributed by atoms with Gasteiger partial charge in [0.05, 0.1) is 18.6 Å². The predicted octanol–water partition coefficient (Wildman–Crippen LogP) is 2.74. The van der Waals surface area contributed by atoms with Gasteiger partial charge in [0.1, 0.15) is 11.9 Å². The lowest BCUT2D eigenvalue weighted by Gasteiger charge is -2.31. The molecule has 152 valence electrons. The van der Waals surface area contributed by atoms with Crippen molar-refractivity contribution >= 4 is 10.0 Å². The van der Waals surface area contributed by atoms with Crippen molar-refractivity contribution in [2.24, 2.45) is 0 Å². The van der Waals surface area contributed by atoms with E-state index in [-0.39, 0.29) is 18.0 Å². The Morgan fingerprint density at radius 2 is 1.89 bits per heavy atom. The maximum Gasteiger partial charge on any atom is 0.433 e. The van der Waals surface area contributed by atoms with Crippen LogP contribution in [0.25, 0.3) is 0 Å². The molecule has 11 heteroatoms. The Kier molecular flexibility index (Phi) is 5.75. The van der Waals surface area contributed by atoms with Crippen LogP contribution in [0.2, 0.25) is 0 Å². The van der Waals surface area contributed by atoms with Gasteiger partial charge in [-0.05, 0) is 43.2 Å². The quantitative estimate of drug-likeness (QED) is 0.744. The summed E-state index contributed by atoms with van der Waals surface area (Å²) in [6.07, 6.45) is -3.32. The monoisotopic (exact) mass is 417 g/mol. The molecule has 7 nitrogen and oxygen atoms in total. The molecule has 1 aliphatic rings. The smallest absolute Gasteiger partial charge is 0.433 e. The Bertz CT molecular complexity index is 920. The fraction of sp³-hybridized carbons (Fsp3) is 0.412. The van der Waals surface area contributed by atoms with Crippen LogP contribution in [0.4, 0.5) is 13.2 Å². The molecule has 0 saturated carbocycles. The minimum atomic E-state index is -4.61. The van der Waals surface area contributed by atoms with Crippen LogP contribution in [0.1, 0.15) is 18.5 Å². The lowest BCUT2D eigenvalue weighted by molar-refractivity contribution is -0.141. The number of rotatable bonds is 5. The summed E-state index contributed by atoms with van der Waals surface area (Å²) in [5.41, 5.74) is -1.11. The number of sulfonamides is 1. The number of benzene rings is 1. The van der Waals surface area contributed by atoms with Crippen LogP contribution in [0.3, 0.4) is 0 Å². The van der Waals surface area contributed by atoms with Crippen LogP contribution < -0.4 is 9.47 Å². The molecule has 1 aromatic carbocycles. The molecule has 0 spiro atoms. The van der Waals surface area contributed by atoms with Crippen molar-refractivity contribution in [3.05, 3.63) is 42.2 Å². The van der Waals surface area contributed by atoms with Crippen molar-refractivity contribution < 1.29 is 31.1 Å². The second kappa shape index (κ2) is 7.92. The molecule has 1 saturated heterocycles. The van der Waals surface area contributed by atoms with E-state index in [1.807, 2.05) is 0 Å². The van der Waals surface area contributed by atoms with Crippen molar-refractivity contribution in [1.29, 1.82) is 0 Å². The summed E-state index contributed by atoms with van der Waals surface area (Å²) in [6, 6.07) is 6.28. The lowest BCUT2D eigenvalue weighted by Crippen LogP contribution is -2.44. The first-order chi connectivity index (χ1) is 13.2.